The number of unbranched alkanes of at least 4 members (excludes halogenated alkanes) is 2. The Morgan fingerprint density at radius 3 is 2.31 bits per heavy atom. The summed E-state index contributed by atoms with van der Waals surface area (Å²) in [6.45, 7) is 2.21. The summed E-state index contributed by atoms with van der Waals surface area (Å²) in [6, 6.07) is 15.8. The van der Waals surface area contributed by atoms with Crippen LogP contribution in [0.4, 0.5) is 13.2 Å². The number of methoxy groups -OCH3 is 1. The number of halogens is 3. The molecule has 1 atom stereocenters. The van der Waals surface area contributed by atoms with E-state index >= 15 is 0 Å². The molecule has 0 aliphatic heterocycles. The van der Waals surface area contributed by atoms with E-state index in [1.54, 1.807) is 24.3 Å². The van der Waals surface area contributed by atoms with Crippen LogP contribution in [0.2, 0.25) is 0 Å². The van der Waals surface area contributed by atoms with Crippen molar-refractivity contribution in [3.63, 3.8) is 0 Å². The SMILES string of the molecule is CCCCCC1CC=C(c2ccc(CCc3ccc(-c4ccc(OC)cc4F)cc3)c(F)c2F)CC1. The summed E-state index contributed by atoms with van der Waals surface area (Å²) in [7, 11) is 1.50. The Labute approximate surface area is 213 Å². The first kappa shape index (κ1) is 26.1. The number of ether oxygens (including phenoxy) is 1. The van der Waals surface area contributed by atoms with E-state index in [1.807, 2.05) is 24.3 Å². The van der Waals surface area contributed by atoms with E-state index in [1.165, 1.54) is 38.9 Å². The van der Waals surface area contributed by atoms with E-state index in [-0.39, 0.29) is 5.82 Å². The van der Waals surface area contributed by atoms with Gasteiger partial charge in [-0.25, -0.2) is 13.2 Å². The van der Waals surface area contributed by atoms with E-state index in [9.17, 15) is 13.2 Å². The number of benzene rings is 3. The van der Waals surface area contributed by atoms with Crippen molar-refractivity contribution >= 4 is 5.57 Å². The minimum absolute atomic E-state index is 0.347. The second-order valence-corrected chi connectivity index (χ2v) is 9.81. The molecule has 36 heavy (non-hydrogen) atoms. The van der Waals surface area contributed by atoms with Crippen LogP contribution < -0.4 is 4.74 Å². The third kappa shape index (κ3) is 6.21. The Morgan fingerprint density at radius 1 is 0.861 bits per heavy atom. The maximum atomic E-state index is 15.0. The Bertz CT molecular complexity index is 1200. The van der Waals surface area contributed by atoms with E-state index in [0.29, 0.717) is 41.2 Å². The van der Waals surface area contributed by atoms with Crippen LogP contribution in [0.25, 0.3) is 16.7 Å². The molecule has 0 bridgehead atoms. The fraction of sp³-hybridized carbons (Fsp3) is 0.375. The molecule has 0 saturated carbocycles. The fourth-order valence-corrected chi connectivity index (χ4v) is 5.10. The van der Waals surface area contributed by atoms with Crippen molar-refractivity contribution in [3.8, 4) is 16.9 Å². The highest BCUT2D eigenvalue weighted by Crippen LogP contribution is 2.35. The third-order valence-electron chi connectivity index (χ3n) is 7.37. The molecule has 4 rings (SSSR count). The van der Waals surface area contributed by atoms with Gasteiger partial charge in [0, 0.05) is 17.2 Å². The molecule has 0 spiro atoms. The summed E-state index contributed by atoms with van der Waals surface area (Å²) < 4.78 is 49.4. The number of rotatable bonds is 10. The zero-order valence-corrected chi connectivity index (χ0v) is 21.3. The lowest BCUT2D eigenvalue weighted by atomic mass is 9.83. The molecule has 1 unspecified atom stereocenters. The predicted molar refractivity (Wildman–Crippen MR) is 142 cm³/mol. The van der Waals surface area contributed by atoms with Crippen molar-refractivity contribution in [2.24, 2.45) is 5.92 Å². The van der Waals surface area contributed by atoms with Gasteiger partial charge in [0.15, 0.2) is 11.6 Å². The van der Waals surface area contributed by atoms with Crippen LogP contribution in [-0.2, 0) is 12.8 Å². The average molecular weight is 493 g/mol. The minimum atomic E-state index is -0.740. The molecule has 0 saturated heterocycles. The first-order chi connectivity index (χ1) is 17.5. The smallest absolute Gasteiger partial charge is 0.166 e. The highest BCUT2D eigenvalue weighted by atomic mass is 19.2. The van der Waals surface area contributed by atoms with Gasteiger partial charge in [-0.15, -0.1) is 0 Å². The summed E-state index contributed by atoms with van der Waals surface area (Å²) >= 11 is 0. The zero-order chi connectivity index (χ0) is 25.5. The van der Waals surface area contributed by atoms with E-state index in [0.717, 1.165) is 36.0 Å². The lowest BCUT2D eigenvalue weighted by Gasteiger charge is -2.22. The number of aryl methyl sites for hydroxylation is 2. The second kappa shape index (κ2) is 12.3. The molecule has 1 aliphatic carbocycles. The second-order valence-electron chi connectivity index (χ2n) is 9.81. The molecule has 4 heteroatoms. The van der Waals surface area contributed by atoms with E-state index in [4.69, 9.17) is 4.74 Å². The first-order valence-electron chi connectivity index (χ1n) is 13.1. The van der Waals surface area contributed by atoms with E-state index < -0.39 is 11.6 Å². The van der Waals surface area contributed by atoms with Crippen LogP contribution >= 0.6 is 0 Å². The molecule has 0 radical (unpaired) electrons. The molecule has 0 amide bonds. The van der Waals surface area contributed by atoms with Gasteiger partial charge in [-0.3, -0.25) is 0 Å². The van der Waals surface area contributed by atoms with Crippen LogP contribution in [-0.4, -0.2) is 7.11 Å². The van der Waals surface area contributed by atoms with Crippen molar-refractivity contribution < 1.29 is 17.9 Å². The lowest BCUT2D eigenvalue weighted by molar-refractivity contribution is 0.411. The summed E-state index contributed by atoms with van der Waals surface area (Å²) in [4.78, 5) is 0. The highest BCUT2D eigenvalue weighted by Gasteiger charge is 2.20. The summed E-state index contributed by atoms with van der Waals surface area (Å²) in [5, 5.41) is 0. The van der Waals surface area contributed by atoms with Gasteiger partial charge in [0.2, 0.25) is 0 Å². The average Bonchev–Trinajstić information content (AvgIpc) is 2.90. The lowest BCUT2D eigenvalue weighted by Crippen LogP contribution is -2.08. The predicted octanol–water partition coefficient (Wildman–Crippen LogP) is 9.33. The molecule has 0 aromatic heterocycles. The van der Waals surface area contributed by atoms with Gasteiger partial charge in [0.1, 0.15) is 11.6 Å². The van der Waals surface area contributed by atoms with Gasteiger partial charge in [0.25, 0.3) is 0 Å². The first-order valence-corrected chi connectivity index (χ1v) is 13.1. The van der Waals surface area contributed by atoms with Gasteiger partial charge in [-0.1, -0.05) is 75.1 Å². The summed E-state index contributed by atoms with van der Waals surface area (Å²) in [5.74, 6) is -0.677. The van der Waals surface area contributed by atoms with Gasteiger partial charge in [-0.05, 0) is 72.4 Å². The van der Waals surface area contributed by atoms with Gasteiger partial charge < -0.3 is 4.74 Å². The number of hydrogen-bond acceptors (Lipinski definition) is 1. The van der Waals surface area contributed by atoms with Crippen LogP contribution in [0.15, 0.2) is 60.7 Å². The maximum absolute atomic E-state index is 15.0. The van der Waals surface area contributed by atoms with Crippen molar-refractivity contribution in [1.82, 2.24) is 0 Å². The van der Waals surface area contributed by atoms with Crippen molar-refractivity contribution in [2.45, 2.75) is 64.7 Å². The van der Waals surface area contributed by atoms with Crippen molar-refractivity contribution in [3.05, 3.63) is 94.8 Å². The number of allylic oxidation sites excluding steroid dienone is 2. The Balaban J connectivity index is 1.38. The van der Waals surface area contributed by atoms with Crippen molar-refractivity contribution in [1.29, 1.82) is 0 Å². The normalized spacial score (nSPS) is 15.6. The quantitative estimate of drug-likeness (QED) is 0.256. The largest absolute Gasteiger partial charge is 0.497 e. The molecule has 190 valence electrons. The Morgan fingerprint density at radius 2 is 1.64 bits per heavy atom. The van der Waals surface area contributed by atoms with Crippen molar-refractivity contribution in [2.75, 3.05) is 7.11 Å². The molecule has 1 nitrogen and oxygen atoms in total. The van der Waals surface area contributed by atoms with Gasteiger partial charge >= 0.3 is 0 Å². The summed E-state index contributed by atoms with van der Waals surface area (Å²) in [6.07, 6.45) is 10.9. The molecule has 3 aromatic rings. The minimum Gasteiger partial charge on any atom is -0.497 e. The zero-order valence-electron chi connectivity index (χ0n) is 21.3. The molecule has 1 aliphatic rings. The molecule has 3 aromatic carbocycles. The monoisotopic (exact) mass is 492 g/mol. The van der Waals surface area contributed by atoms with Gasteiger partial charge in [0.05, 0.1) is 7.11 Å². The molecule has 0 fully saturated rings. The Hall–Kier alpha value is -3.01. The third-order valence-corrected chi connectivity index (χ3v) is 7.37. The van der Waals surface area contributed by atoms with Gasteiger partial charge in [-0.2, -0.15) is 0 Å². The van der Waals surface area contributed by atoms with Crippen LogP contribution in [0, 0.1) is 23.4 Å². The molecular weight excluding hydrogens is 457 g/mol. The standard InChI is InChI=1S/C32H35F3O/c1-3-4-5-6-22-7-14-25(15-8-22)29-19-17-26(31(34)32(29)35)16-11-23-9-12-24(13-10-23)28-20-18-27(36-2)21-30(28)33/h9-10,12-14,17-22H,3-8,11,15-16H2,1-2H3. The fourth-order valence-electron chi connectivity index (χ4n) is 5.10. The van der Waals surface area contributed by atoms with Crippen LogP contribution in [0.1, 0.15) is 68.6 Å². The van der Waals surface area contributed by atoms with Crippen LogP contribution in [0.3, 0.4) is 0 Å². The highest BCUT2D eigenvalue weighted by molar-refractivity contribution is 5.67. The topological polar surface area (TPSA) is 9.23 Å². The number of hydrogen-bond donors (Lipinski definition) is 0. The maximum Gasteiger partial charge on any atom is 0.166 e. The molecule has 0 N–H and O–H groups in total. The van der Waals surface area contributed by atoms with E-state index in [2.05, 4.69) is 13.0 Å². The summed E-state index contributed by atoms with van der Waals surface area (Å²) in [5.41, 5.74) is 3.97. The Kier molecular flexibility index (Phi) is 8.90. The molecule has 0 heterocycles. The van der Waals surface area contributed by atoms with Crippen LogP contribution in [0.5, 0.6) is 5.75 Å². The molecular formula is C32H35F3O.